The molecule has 2 aromatic carbocycles. The Kier molecular flexibility index (Phi) is 5.41. The minimum Gasteiger partial charge on any atom is -0.497 e. The predicted octanol–water partition coefficient (Wildman–Crippen LogP) is 2.02. The van der Waals surface area contributed by atoms with Crippen molar-refractivity contribution in [2.75, 3.05) is 27.3 Å². The van der Waals surface area contributed by atoms with Gasteiger partial charge in [-0.25, -0.2) is 0 Å². The van der Waals surface area contributed by atoms with Crippen LogP contribution in [0.15, 0.2) is 42.5 Å². The smallest absolute Gasteiger partial charge is 0.251 e. The zero-order chi connectivity index (χ0) is 18.5. The fourth-order valence-corrected chi connectivity index (χ4v) is 3.02. The van der Waals surface area contributed by atoms with E-state index in [0.717, 1.165) is 12.0 Å². The minimum atomic E-state index is -0.340. The zero-order valence-electron chi connectivity index (χ0n) is 15.0. The van der Waals surface area contributed by atoms with Crippen molar-refractivity contribution in [1.82, 2.24) is 10.2 Å². The van der Waals surface area contributed by atoms with E-state index in [1.54, 1.807) is 23.1 Å². The van der Waals surface area contributed by atoms with Crippen molar-refractivity contribution < 1.29 is 19.1 Å². The highest BCUT2D eigenvalue weighted by Gasteiger charge is 2.21. The number of rotatable bonds is 5. The van der Waals surface area contributed by atoms with Gasteiger partial charge in [-0.15, -0.1) is 0 Å². The minimum absolute atomic E-state index is 0.0411. The van der Waals surface area contributed by atoms with E-state index in [2.05, 4.69) is 11.4 Å². The first-order chi connectivity index (χ1) is 12.6. The Morgan fingerprint density at radius 1 is 1.04 bits per heavy atom. The number of ether oxygens (including phenoxy) is 2. The molecule has 0 spiro atoms. The predicted molar refractivity (Wildman–Crippen MR) is 97.4 cm³/mol. The lowest BCUT2D eigenvalue weighted by Crippen LogP contribution is -2.42. The highest BCUT2D eigenvalue weighted by Crippen LogP contribution is 2.22. The van der Waals surface area contributed by atoms with E-state index in [4.69, 9.17) is 9.47 Å². The second-order valence-corrected chi connectivity index (χ2v) is 6.12. The van der Waals surface area contributed by atoms with Gasteiger partial charge in [0.25, 0.3) is 5.91 Å². The summed E-state index contributed by atoms with van der Waals surface area (Å²) in [7, 11) is 3.04. The third-order valence-corrected chi connectivity index (χ3v) is 4.50. The van der Waals surface area contributed by atoms with Gasteiger partial charge in [0.05, 0.1) is 20.8 Å². The third-order valence-electron chi connectivity index (χ3n) is 4.50. The average molecular weight is 354 g/mol. The van der Waals surface area contributed by atoms with Crippen LogP contribution in [0.4, 0.5) is 0 Å². The molecule has 6 heteroatoms. The van der Waals surface area contributed by atoms with E-state index in [0.29, 0.717) is 30.2 Å². The lowest BCUT2D eigenvalue weighted by atomic mass is 10.00. The van der Waals surface area contributed by atoms with Crippen LogP contribution in [-0.4, -0.2) is 44.0 Å². The largest absolute Gasteiger partial charge is 0.497 e. The van der Waals surface area contributed by atoms with Gasteiger partial charge in [-0.1, -0.05) is 24.3 Å². The van der Waals surface area contributed by atoms with E-state index in [9.17, 15) is 9.59 Å². The fraction of sp³-hybridized carbons (Fsp3) is 0.300. The molecule has 0 atom stereocenters. The first kappa shape index (κ1) is 17.8. The molecule has 136 valence electrons. The normalized spacial score (nSPS) is 12.9. The van der Waals surface area contributed by atoms with Gasteiger partial charge in [-0.2, -0.15) is 0 Å². The van der Waals surface area contributed by atoms with Gasteiger partial charge in [-0.05, 0) is 29.7 Å². The van der Waals surface area contributed by atoms with E-state index in [-0.39, 0.29) is 18.4 Å². The van der Waals surface area contributed by atoms with Gasteiger partial charge in [0.1, 0.15) is 11.5 Å². The second-order valence-electron chi connectivity index (χ2n) is 6.12. The first-order valence-electron chi connectivity index (χ1n) is 8.46. The molecule has 0 saturated carbocycles. The number of nitrogens with one attached hydrogen (secondary N) is 1. The lowest BCUT2D eigenvalue weighted by molar-refractivity contribution is -0.131. The molecule has 2 amide bonds. The molecule has 0 radical (unpaired) electrons. The van der Waals surface area contributed by atoms with Gasteiger partial charge >= 0.3 is 0 Å². The number of fused-ring (bicyclic) bond motifs is 1. The maximum absolute atomic E-state index is 12.5. The molecule has 0 aromatic heterocycles. The molecule has 26 heavy (non-hydrogen) atoms. The number of nitrogens with zero attached hydrogens (tertiary/aromatic N) is 1. The SMILES string of the molecule is COc1cc(OC)cc(C(=O)NCC(=O)N2CCc3ccccc3C2)c1. The average Bonchev–Trinajstić information content (AvgIpc) is 2.70. The summed E-state index contributed by atoms with van der Waals surface area (Å²) in [6.07, 6.45) is 0.836. The third kappa shape index (κ3) is 3.96. The Bertz CT molecular complexity index is 797. The molecular weight excluding hydrogens is 332 g/mol. The Hall–Kier alpha value is -3.02. The summed E-state index contributed by atoms with van der Waals surface area (Å²) in [4.78, 5) is 26.6. The monoisotopic (exact) mass is 354 g/mol. The topological polar surface area (TPSA) is 67.9 Å². The van der Waals surface area contributed by atoms with E-state index < -0.39 is 0 Å². The molecule has 2 aromatic rings. The Balaban J connectivity index is 1.60. The van der Waals surface area contributed by atoms with E-state index in [1.807, 2.05) is 18.2 Å². The maximum Gasteiger partial charge on any atom is 0.251 e. The van der Waals surface area contributed by atoms with Crippen molar-refractivity contribution in [3.05, 3.63) is 59.2 Å². The van der Waals surface area contributed by atoms with Crippen LogP contribution in [0.1, 0.15) is 21.5 Å². The molecule has 0 aliphatic carbocycles. The zero-order valence-corrected chi connectivity index (χ0v) is 15.0. The Labute approximate surface area is 152 Å². The molecule has 0 saturated heterocycles. The molecule has 0 unspecified atom stereocenters. The highest BCUT2D eigenvalue weighted by atomic mass is 16.5. The number of amides is 2. The van der Waals surface area contributed by atoms with Crippen molar-refractivity contribution in [3.63, 3.8) is 0 Å². The van der Waals surface area contributed by atoms with Crippen LogP contribution >= 0.6 is 0 Å². The lowest BCUT2D eigenvalue weighted by Gasteiger charge is -2.29. The summed E-state index contributed by atoms with van der Waals surface area (Å²) in [6, 6.07) is 13.0. The second kappa shape index (κ2) is 7.91. The van der Waals surface area contributed by atoms with Crippen molar-refractivity contribution in [2.24, 2.45) is 0 Å². The Morgan fingerprint density at radius 3 is 2.35 bits per heavy atom. The summed E-state index contributed by atoms with van der Waals surface area (Å²) >= 11 is 0. The summed E-state index contributed by atoms with van der Waals surface area (Å²) in [6.45, 7) is 1.21. The van der Waals surface area contributed by atoms with Gasteiger partial charge in [0.2, 0.25) is 5.91 Å². The Morgan fingerprint density at radius 2 is 1.69 bits per heavy atom. The summed E-state index contributed by atoms with van der Waals surface area (Å²) in [5.41, 5.74) is 2.83. The molecule has 3 rings (SSSR count). The quantitative estimate of drug-likeness (QED) is 0.892. The van der Waals surface area contributed by atoms with Crippen LogP contribution in [0.25, 0.3) is 0 Å². The molecular formula is C20H22N2O4. The standard InChI is InChI=1S/C20H22N2O4/c1-25-17-9-16(10-18(11-17)26-2)20(24)21-12-19(23)22-8-7-14-5-3-4-6-15(14)13-22/h3-6,9-11H,7-8,12-13H2,1-2H3,(H,21,24). The molecule has 1 aliphatic heterocycles. The molecule has 1 aliphatic rings. The number of carbonyl (C=O) groups excluding carboxylic acids is 2. The van der Waals surface area contributed by atoms with Gasteiger partial charge < -0.3 is 19.7 Å². The van der Waals surface area contributed by atoms with Gasteiger partial charge in [-0.3, -0.25) is 9.59 Å². The maximum atomic E-state index is 12.5. The van der Waals surface area contributed by atoms with Crippen LogP contribution in [0, 0.1) is 0 Å². The van der Waals surface area contributed by atoms with Crippen LogP contribution in [0.5, 0.6) is 11.5 Å². The number of methoxy groups -OCH3 is 2. The first-order valence-corrected chi connectivity index (χ1v) is 8.46. The van der Waals surface area contributed by atoms with Crippen LogP contribution in [-0.2, 0) is 17.8 Å². The number of benzene rings is 2. The van der Waals surface area contributed by atoms with Crippen molar-refractivity contribution >= 4 is 11.8 Å². The van der Waals surface area contributed by atoms with Crippen LogP contribution < -0.4 is 14.8 Å². The highest BCUT2D eigenvalue weighted by molar-refractivity contribution is 5.97. The van der Waals surface area contributed by atoms with E-state index in [1.165, 1.54) is 19.8 Å². The number of hydrogen-bond acceptors (Lipinski definition) is 4. The summed E-state index contributed by atoms with van der Waals surface area (Å²) in [5.74, 6) is 0.609. The van der Waals surface area contributed by atoms with Gasteiger partial charge in [0.15, 0.2) is 0 Å². The summed E-state index contributed by atoms with van der Waals surface area (Å²) < 4.78 is 10.3. The van der Waals surface area contributed by atoms with Gasteiger partial charge in [0, 0.05) is 24.7 Å². The van der Waals surface area contributed by atoms with E-state index >= 15 is 0 Å². The number of hydrogen-bond donors (Lipinski definition) is 1. The fourth-order valence-electron chi connectivity index (χ4n) is 3.02. The number of carbonyl (C=O) groups is 2. The molecule has 6 nitrogen and oxygen atoms in total. The molecule has 0 fully saturated rings. The molecule has 0 bridgehead atoms. The van der Waals surface area contributed by atoms with Crippen LogP contribution in [0.3, 0.4) is 0 Å². The van der Waals surface area contributed by atoms with Crippen molar-refractivity contribution in [1.29, 1.82) is 0 Å². The van der Waals surface area contributed by atoms with Crippen molar-refractivity contribution in [3.8, 4) is 11.5 Å². The van der Waals surface area contributed by atoms with Crippen LogP contribution in [0.2, 0.25) is 0 Å². The summed E-state index contributed by atoms with van der Waals surface area (Å²) in [5, 5.41) is 2.68. The van der Waals surface area contributed by atoms with Crippen molar-refractivity contribution in [2.45, 2.75) is 13.0 Å². The molecule has 1 N–H and O–H groups in total. The molecule has 1 heterocycles.